The summed E-state index contributed by atoms with van der Waals surface area (Å²) < 4.78 is 0. The van der Waals surface area contributed by atoms with Crippen LogP contribution in [0.2, 0.25) is 6.82 Å². The van der Waals surface area contributed by atoms with Crippen molar-refractivity contribution in [3.8, 4) is 0 Å². The lowest BCUT2D eigenvalue weighted by Gasteiger charge is -1.94. The summed E-state index contributed by atoms with van der Waals surface area (Å²) in [6, 6.07) is 4.03. The largest absolute Gasteiger partial charge is 0.166 e. The van der Waals surface area contributed by atoms with Gasteiger partial charge in [-0.15, -0.1) is 0 Å². The van der Waals surface area contributed by atoms with E-state index in [-0.39, 0.29) is 0 Å². The lowest BCUT2D eigenvalue weighted by Crippen LogP contribution is -2.11. The van der Waals surface area contributed by atoms with Gasteiger partial charge in [0, 0.05) is 5.59 Å². The average Bonchev–Trinajstić information content (AvgIpc) is 1.95. The highest BCUT2D eigenvalue weighted by atomic mass is 15.1. The van der Waals surface area contributed by atoms with Gasteiger partial charge in [0.2, 0.25) is 0 Å². The molecular formula is C6H10B2N2. The van der Waals surface area contributed by atoms with Crippen molar-refractivity contribution in [2.75, 3.05) is 0 Å². The predicted molar refractivity (Wildman–Crippen MR) is 46.9 cm³/mol. The Bertz CT molecular complexity index is 197. The van der Waals surface area contributed by atoms with E-state index in [0.717, 1.165) is 24.9 Å². The molecule has 2 nitrogen and oxygen atoms in total. The van der Waals surface area contributed by atoms with E-state index < -0.39 is 0 Å². The third-order valence-electron chi connectivity index (χ3n) is 1.36. The third kappa shape index (κ3) is 1.86. The highest BCUT2D eigenvalue weighted by Crippen LogP contribution is 1.88. The van der Waals surface area contributed by atoms with Crippen LogP contribution in [0, 0.1) is 0 Å². The zero-order valence-corrected chi connectivity index (χ0v) is 6.46. The average molecular weight is 132 g/mol. The van der Waals surface area contributed by atoms with Gasteiger partial charge >= 0.3 is 0 Å². The maximum atomic E-state index is 4.02. The quantitative estimate of drug-likeness (QED) is 0.468. The molecule has 1 aromatic heterocycles. The minimum atomic E-state index is 0.986. The van der Waals surface area contributed by atoms with Crippen molar-refractivity contribution in [2.45, 2.75) is 13.1 Å². The molecule has 0 spiro atoms. The van der Waals surface area contributed by atoms with Crippen molar-refractivity contribution >= 4 is 20.7 Å². The predicted octanol–water partition coefficient (Wildman–Crippen LogP) is -1.28. The molecule has 0 fully saturated rings. The van der Waals surface area contributed by atoms with E-state index in [1.807, 2.05) is 20.0 Å². The summed E-state index contributed by atoms with van der Waals surface area (Å²) in [4.78, 5) is 0. The molecule has 1 aromatic rings. The van der Waals surface area contributed by atoms with Crippen LogP contribution in [0.4, 0.5) is 0 Å². The summed E-state index contributed by atoms with van der Waals surface area (Å²) in [5.41, 5.74) is 2.08. The molecule has 0 aliphatic rings. The first-order valence-electron chi connectivity index (χ1n) is 3.62. The van der Waals surface area contributed by atoms with Crippen molar-refractivity contribution in [2.24, 2.45) is 0 Å². The Kier molecular flexibility index (Phi) is 2.49. The van der Waals surface area contributed by atoms with Gasteiger partial charge in [-0.05, 0) is 18.5 Å². The van der Waals surface area contributed by atoms with E-state index >= 15 is 0 Å². The second kappa shape index (κ2) is 3.40. The third-order valence-corrected chi connectivity index (χ3v) is 1.36. The second-order valence-corrected chi connectivity index (χ2v) is 2.42. The van der Waals surface area contributed by atoms with Crippen LogP contribution >= 0.6 is 0 Å². The van der Waals surface area contributed by atoms with E-state index in [1.165, 1.54) is 0 Å². The van der Waals surface area contributed by atoms with Gasteiger partial charge in [0.25, 0.3) is 0 Å². The number of aromatic nitrogens is 2. The summed E-state index contributed by atoms with van der Waals surface area (Å²) in [5.74, 6) is 0. The van der Waals surface area contributed by atoms with Gasteiger partial charge in [0.15, 0.2) is 7.85 Å². The summed E-state index contributed by atoms with van der Waals surface area (Å²) >= 11 is 0. The molecule has 50 valence electrons. The summed E-state index contributed by atoms with van der Waals surface area (Å²) in [7, 11) is 3.08. The first kappa shape index (κ1) is 7.32. The van der Waals surface area contributed by atoms with Crippen LogP contribution in [-0.4, -0.2) is 25.3 Å². The molecule has 0 N–H and O–H groups in total. The molecule has 0 aliphatic heterocycles. The number of hydrogen-bond acceptors (Lipinski definition) is 2. The lowest BCUT2D eigenvalue weighted by molar-refractivity contribution is 0.989. The van der Waals surface area contributed by atoms with Crippen LogP contribution in [0.15, 0.2) is 12.1 Å². The molecule has 0 aliphatic carbocycles. The second-order valence-electron chi connectivity index (χ2n) is 2.42. The number of nitrogens with zero attached hydrogens (tertiary/aromatic N) is 2. The Labute approximate surface area is 62.7 Å². The van der Waals surface area contributed by atoms with Gasteiger partial charge < -0.3 is 0 Å². The van der Waals surface area contributed by atoms with Crippen LogP contribution in [0.1, 0.15) is 5.69 Å². The molecule has 0 saturated carbocycles. The van der Waals surface area contributed by atoms with E-state index in [2.05, 4.69) is 17.0 Å². The topological polar surface area (TPSA) is 25.8 Å². The molecule has 1 heterocycles. The monoisotopic (exact) mass is 132 g/mol. The van der Waals surface area contributed by atoms with Crippen molar-refractivity contribution < 1.29 is 0 Å². The Morgan fingerprint density at radius 3 is 2.80 bits per heavy atom. The Balaban J connectivity index is 2.69. The Morgan fingerprint density at radius 2 is 2.30 bits per heavy atom. The zero-order valence-electron chi connectivity index (χ0n) is 6.46. The molecule has 4 heteroatoms. The molecule has 0 aromatic carbocycles. The summed E-state index contributed by atoms with van der Waals surface area (Å²) in [5, 5.41) is 7.97. The maximum Gasteiger partial charge on any atom is 0.166 e. The van der Waals surface area contributed by atoms with E-state index in [1.54, 1.807) is 0 Å². The van der Waals surface area contributed by atoms with Crippen LogP contribution in [0.5, 0.6) is 0 Å². The normalized spacial score (nSPS) is 9.30. The molecule has 0 radical (unpaired) electrons. The van der Waals surface area contributed by atoms with Gasteiger partial charge in [-0.1, -0.05) is 6.82 Å². The SMILES string of the molecule is Bc1ccc(CBC)nn1. The molecule has 1 rings (SSSR count). The molecule has 0 bridgehead atoms. The zero-order chi connectivity index (χ0) is 7.40. The van der Waals surface area contributed by atoms with Crippen LogP contribution in [0.25, 0.3) is 0 Å². The minimum absolute atomic E-state index is 0.986. The lowest BCUT2D eigenvalue weighted by atomic mass is 9.77. The summed E-state index contributed by atoms with van der Waals surface area (Å²) in [6.45, 7) is 2.14. The van der Waals surface area contributed by atoms with Gasteiger partial charge in [0.05, 0.1) is 5.69 Å². The van der Waals surface area contributed by atoms with Crippen molar-refractivity contribution in [1.82, 2.24) is 10.2 Å². The van der Waals surface area contributed by atoms with E-state index in [4.69, 9.17) is 0 Å². The molecule has 0 unspecified atom stereocenters. The minimum Gasteiger partial charge on any atom is -0.166 e. The van der Waals surface area contributed by atoms with Gasteiger partial charge in [-0.3, -0.25) is 0 Å². The molecule has 0 saturated heterocycles. The van der Waals surface area contributed by atoms with E-state index in [9.17, 15) is 0 Å². The fraction of sp³-hybridized carbons (Fsp3) is 0.333. The highest BCUT2D eigenvalue weighted by molar-refractivity contribution is 6.33. The number of hydrogen-bond donors (Lipinski definition) is 0. The molecule has 10 heavy (non-hydrogen) atoms. The van der Waals surface area contributed by atoms with Crippen LogP contribution in [-0.2, 0) is 6.32 Å². The smallest absolute Gasteiger partial charge is 0.166 e. The van der Waals surface area contributed by atoms with Crippen LogP contribution in [0.3, 0.4) is 0 Å². The Morgan fingerprint density at radius 1 is 1.50 bits per heavy atom. The van der Waals surface area contributed by atoms with Crippen molar-refractivity contribution in [1.29, 1.82) is 0 Å². The fourth-order valence-electron chi connectivity index (χ4n) is 0.816. The molecule has 0 atom stereocenters. The van der Waals surface area contributed by atoms with E-state index in [0.29, 0.717) is 0 Å². The first-order chi connectivity index (χ1) is 4.83. The summed E-state index contributed by atoms with van der Waals surface area (Å²) in [6.07, 6.45) is 1.04. The van der Waals surface area contributed by atoms with Gasteiger partial charge in [0.1, 0.15) is 7.28 Å². The Hall–Kier alpha value is -0.790. The molecular weight excluding hydrogens is 122 g/mol. The fourth-order valence-corrected chi connectivity index (χ4v) is 0.816. The van der Waals surface area contributed by atoms with Crippen molar-refractivity contribution in [3.05, 3.63) is 17.8 Å². The number of rotatable bonds is 2. The van der Waals surface area contributed by atoms with Crippen molar-refractivity contribution in [3.63, 3.8) is 0 Å². The molecule has 0 amide bonds. The van der Waals surface area contributed by atoms with Gasteiger partial charge in [-0.2, -0.15) is 10.2 Å². The highest BCUT2D eigenvalue weighted by Gasteiger charge is 1.92. The first-order valence-corrected chi connectivity index (χ1v) is 3.62. The van der Waals surface area contributed by atoms with Crippen LogP contribution < -0.4 is 5.59 Å². The standard InChI is InChI=1S/C6H10B2N2/c1-8-4-5-2-3-6(7)10-9-5/h2-3,8H,4,7H2,1H3. The van der Waals surface area contributed by atoms with Gasteiger partial charge in [-0.25, -0.2) is 0 Å². The maximum absolute atomic E-state index is 4.02.